The molecule has 1 fully saturated rings. The summed E-state index contributed by atoms with van der Waals surface area (Å²) in [6.45, 7) is 1.98. The van der Waals surface area contributed by atoms with E-state index in [9.17, 15) is 14.4 Å². The van der Waals surface area contributed by atoms with Crippen molar-refractivity contribution in [2.24, 2.45) is 0 Å². The standard InChI is InChI=1S/C25H20N2O4/c1-15-7-11-17(12-8-15)26-21(16-9-13-18(31-2)14-10-16)22(25(26)30)27-23(28)19-5-3-4-6-20(19)24(27)29/h3-14,21-22H,1-2H3. The number of fused-ring (bicyclic) bond motifs is 1. The molecule has 2 heterocycles. The fraction of sp³-hybridized carbons (Fsp3) is 0.160. The number of amides is 3. The van der Waals surface area contributed by atoms with Crippen LogP contribution >= 0.6 is 0 Å². The molecule has 0 aliphatic carbocycles. The lowest BCUT2D eigenvalue weighted by Crippen LogP contribution is -2.67. The maximum atomic E-state index is 13.3. The molecule has 6 heteroatoms. The van der Waals surface area contributed by atoms with E-state index in [0.717, 1.165) is 21.7 Å². The summed E-state index contributed by atoms with van der Waals surface area (Å²) < 4.78 is 5.25. The molecule has 2 aliphatic rings. The average molecular weight is 412 g/mol. The normalized spacial score (nSPS) is 20.0. The van der Waals surface area contributed by atoms with Gasteiger partial charge in [-0.05, 0) is 48.9 Å². The fourth-order valence-electron chi connectivity index (χ4n) is 4.31. The lowest BCUT2D eigenvalue weighted by Gasteiger charge is -2.49. The predicted molar refractivity (Wildman–Crippen MR) is 115 cm³/mol. The molecule has 2 aliphatic heterocycles. The van der Waals surface area contributed by atoms with Crippen LogP contribution in [-0.2, 0) is 4.79 Å². The van der Waals surface area contributed by atoms with Crippen LogP contribution in [0.25, 0.3) is 0 Å². The van der Waals surface area contributed by atoms with Crippen molar-refractivity contribution in [1.82, 2.24) is 4.90 Å². The molecule has 2 atom stereocenters. The smallest absolute Gasteiger partial charge is 0.262 e. The first-order chi connectivity index (χ1) is 15.0. The van der Waals surface area contributed by atoms with Gasteiger partial charge >= 0.3 is 0 Å². The number of ether oxygens (including phenoxy) is 1. The Hall–Kier alpha value is -3.93. The summed E-state index contributed by atoms with van der Waals surface area (Å²) in [5, 5.41) is 0. The van der Waals surface area contributed by atoms with Gasteiger partial charge in [0.15, 0.2) is 0 Å². The quantitative estimate of drug-likeness (QED) is 0.484. The first-order valence-corrected chi connectivity index (χ1v) is 10.0. The monoisotopic (exact) mass is 412 g/mol. The molecule has 3 amide bonds. The van der Waals surface area contributed by atoms with E-state index >= 15 is 0 Å². The van der Waals surface area contributed by atoms with Gasteiger partial charge in [-0.1, -0.05) is 42.0 Å². The molecule has 154 valence electrons. The van der Waals surface area contributed by atoms with Crippen LogP contribution < -0.4 is 9.64 Å². The highest BCUT2D eigenvalue weighted by molar-refractivity contribution is 6.24. The summed E-state index contributed by atoms with van der Waals surface area (Å²) in [7, 11) is 1.59. The van der Waals surface area contributed by atoms with Crippen molar-refractivity contribution in [3.05, 3.63) is 95.1 Å². The SMILES string of the molecule is COc1ccc(C2C(N3C(=O)c4ccccc4C3=O)C(=O)N2c2ccc(C)cc2)cc1. The molecule has 0 N–H and O–H groups in total. The van der Waals surface area contributed by atoms with Gasteiger partial charge in [0, 0.05) is 5.69 Å². The highest BCUT2D eigenvalue weighted by Crippen LogP contribution is 2.44. The van der Waals surface area contributed by atoms with Crippen molar-refractivity contribution < 1.29 is 19.1 Å². The first-order valence-electron chi connectivity index (χ1n) is 10.0. The number of hydrogen-bond donors (Lipinski definition) is 0. The van der Waals surface area contributed by atoms with E-state index in [2.05, 4.69) is 0 Å². The third-order valence-electron chi connectivity index (χ3n) is 5.94. The Labute approximate surface area is 179 Å². The molecular formula is C25H20N2O4. The molecule has 0 saturated carbocycles. The van der Waals surface area contributed by atoms with Gasteiger partial charge in [0.05, 0.1) is 24.3 Å². The van der Waals surface area contributed by atoms with Crippen molar-refractivity contribution >= 4 is 23.4 Å². The molecule has 0 bridgehead atoms. The minimum absolute atomic E-state index is 0.279. The van der Waals surface area contributed by atoms with Crippen LogP contribution in [0, 0.1) is 6.92 Å². The zero-order chi connectivity index (χ0) is 21.7. The van der Waals surface area contributed by atoms with Crippen molar-refractivity contribution in [2.45, 2.75) is 19.0 Å². The van der Waals surface area contributed by atoms with Gasteiger partial charge in [-0.15, -0.1) is 0 Å². The number of β-lactam (4-membered cyclic amide) rings is 1. The molecule has 3 aromatic carbocycles. The van der Waals surface area contributed by atoms with Crippen molar-refractivity contribution in [1.29, 1.82) is 0 Å². The second-order valence-corrected chi connectivity index (χ2v) is 7.73. The summed E-state index contributed by atoms with van der Waals surface area (Å²) in [4.78, 5) is 42.2. The minimum Gasteiger partial charge on any atom is -0.497 e. The second kappa shape index (κ2) is 7.09. The van der Waals surface area contributed by atoms with Crippen LogP contribution in [0.2, 0.25) is 0 Å². The summed E-state index contributed by atoms with van der Waals surface area (Å²) in [6, 6.07) is 20.3. The van der Waals surface area contributed by atoms with Gasteiger partial charge in [0.25, 0.3) is 17.7 Å². The fourth-order valence-corrected chi connectivity index (χ4v) is 4.31. The summed E-state index contributed by atoms with van der Waals surface area (Å²) in [5.41, 5.74) is 3.30. The van der Waals surface area contributed by atoms with Gasteiger partial charge in [-0.2, -0.15) is 0 Å². The zero-order valence-electron chi connectivity index (χ0n) is 17.1. The average Bonchev–Trinajstić information content (AvgIpc) is 3.04. The van der Waals surface area contributed by atoms with Gasteiger partial charge < -0.3 is 9.64 Å². The third kappa shape index (κ3) is 2.83. The molecule has 2 unspecified atom stereocenters. The molecule has 0 aromatic heterocycles. The Kier molecular flexibility index (Phi) is 4.36. The van der Waals surface area contributed by atoms with Crippen LogP contribution in [0.5, 0.6) is 5.75 Å². The number of carbonyl (C=O) groups excluding carboxylic acids is 3. The van der Waals surface area contributed by atoms with Crippen molar-refractivity contribution in [3.63, 3.8) is 0 Å². The van der Waals surface area contributed by atoms with Gasteiger partial charge in [0.1, 0.15) is 11.8 Å². The lowest BCUT2D eigenvalue weighted by molar-refractivity contribution is -0.130. The van der Waals surface area contributed by atoms with Crippen LogP contribution in [0.3, 0.4) is 0 Å². The van der Waals surface area contributed by atoms with Gasteiger partial charge in [0.2, 0.25) is 0 Å². The number of hydrogen-bond acceptors (Lipinski definition) is 4. The van der Waals surface area contributed by atoms with E-state index in [1.807, 2.05) is 55.5 Å². The third-order valence-corrected chi connectivity index (χ3v) is 5.94. The number of rotatable bonds is 4. The Morgan fingerprint density at radius 1 is 0.710 bits per heavy atom. The van der Waals surface area contributed by atoms with Crippen LogP contribution in [0.4, 0.5) is 5.69 Å². The highest BCUT2D eigenvalue weighted by Gasteiger charge is 2.57. The Balaban J connectivity index is 1.58. The van der Waals surface area contributed by atoms with Crippen LogP contribution in [-0.4, -0.2) is 35.8 Å². The number of aryl methyl sites for hydroxylation is 1. The second-order valence-electron chi connectivity index (χ2n) is 7.73. The largest absolute Gasteiger partial charge is 0.497 e. The molecule has 0 radical (unpaired) electrons. The highest BCUT2D eigenvalue weighted by atomic mass is 16.5. The van der Waals surface area contributed by atoms with E-state index in [1.165, 1.54) is 0 Å². The maximum Gasteiger partial charge on any atom is 0.262 e. The minimum atomic E-state index is -0.901. The number of carbonyl (C=O) groups is 3. The molecular weight excluding hydrogens is 392 g/mol. The number of imide groups is 1. The summed E-state index contributed by atoms with van der Waals surface area (Å²) in [6.07, 6.45) is 0. The van der Waals surface area contributed by atoms with Crippen LogP contribution in [0.1, 0.15) is 37.9 Å². The van der Waals surface area contributed by atoms with Gasteiger partial charge in [-0.25, -0.2) is 0 Å². The first kappa shape index (κ1) is 19.1. The Morgan fingerprint density at radius 2 is 1.29 bits per heavy atom. The topological polar surface area (TPSA) is 66.9 Å². The number of methoxy groups -OCH3 is 1. The zero-order valence-corrected chi connectivity index (χ0v) is 17.1. The van der Waals surface area contributed by atoms with Crippen molar-refractivity contribution in [2.75, 3.05) is 12.0 Å². The molecule has 0 spiro atoms. The van der Waals surface area contributed by atoms with E-state index in [4.69, 9.17) is 4.74 Å². The van der Waals surface area contributed by atoms with E-state index < -0.39 is 23.9 Å². The van der Waals surface area contributed by atoms with Gasteiger partial charge in [-0.3, -0.25) is 19.3 Å². The lowest BCUT2D eigenvalue weighted by atomic mass is 9.86. The van der Waals surface area contributed by atoms with E-state index in [1.54, 1.807) is 36.3 Å². The van der Waals surface area contributed by atoms with E-state index in [-0.39, 0.29) is 5.91 Å². The molecule has 1 saturated heterocycles. The Morgan fingerprint density at radius 3 is 1.84 bits per heavy atom. The predicted octanol–water partition coefficient (Wildman–Crippen LogP) is 3.76. The maximum absolute atomic E-state index is 13.3. The van der Waals surface area contributed by atoms with E-state index in [0.29, 0.717) is 16.9 Å². The number of nitrogens with zero attached hydrogens (tertiary/aromatic N) is 2. The Bertz CT molecular complexity index is 1170. The molecule has 5 rings (SSSR count). The number of benzene rings is 3. The molecule has 3 aromatic rings. The summed E-state index contributed by atoms with van der Waals surface area (Å²) >= 11 is 0. The summed E-state index contributed by atoms with van der Waals surface area (Å²) in [5.74, 6) is -0.449. The number of anilines is 1. The van der Waals surface area contributed by atoms with Crippen LogP contribution in [0.15, 0.2) is 72.8 Å². The molecule has 6 nitrogen and oxygen atoms in total. The van der Waals surface area contributed by atoms with Crippen molar-refractivity contribution in [3.8, 4) is 5.75 Å². The molecule has 31 heavy (non-hydrogen) atoms.